The highest BCUT2D eigenvalue weighted by Crippen LogP contribution is 2.45. The fraction of sp³-hybridized carbons (Fsp3) is 0.265. The van der Waals surface area contributed by atoms with Gasteiger partial charge in [-0.05, 0) is 61.4 Å². The van der Waals surface area contributed by atoms with Gasteiger partial charge in [0, 0.05) is 5.39 Å². The molecular weight excluding hydrogens is 580 g/mol. The molecule has 3 aromatic carbocycles. The van der Waals surface area contributed by atoms with Gasteiger partial charge in [-0.15, -0.1) is 0 Å². The van der Waals surface area contributed by atoms with Gasteiger partial charge in [0.05, 0.1) is 42.2 Å². The van der Waals surface area contributed by atoms with Crippen LogP contribution in [0, 0.1) is 0 Å². The lowest BCUT2D eigenvalue weighted by molar-refractivity contribution is -0.117. The van der Waals surface area contributed by atoms with E-state index in [1.165, 1.54) is 23.3 Å². The van der Waals surface area contributed by atoms with E-state index < -0.39 is 23.5 Å². The summed E-state index contributed by atoms with van der Waals surface area (Å²) in [5, 5.41) is 12.3. The summed E-state index contributed by atoms with van der Waals surface area (Å²) in [6.07, 6.45) is 3.12. The van der Waals surface area contributed by atoms with Gasteiger partial charge in [0.15, 0.2) is 28.0 Å². The molecule has 10 heteroatoms. The zero-order valence-corrected chi connectivity index (χ0v) is 25.5. The molecule has 0 spiro atoms. The van der Waals surface area contributed by atoms with Crippen LogP contribution in [-0.4, -0.2) is 42.1 Å². The number of aliphatic hydroxyl groups excluding tert-OH is 1. The van der Waals surface area contributed by atoms with Gasteiger partial charge in [0.25, 0.3) is 5.91 Å². The van der Waals surface area contributed by atoms with E-state index in [-0.39, 0.29) is 11.3 Å². The van der Waals surface area contributed by atoms with E-state index in [2.05, 4.69) is 6.92 Å². The third-order valence-corrected chi connectivity index (χ3v) is 8.50. The number of para-hydroxylation sites is 1. The number of anilines is 1. The van der Waals surface area contributed by atoms with Crippen LogP contribution < -0.4 is 19.1 Å². The van der Waals surface area contributed by atoms with Crippen LogP contribution in [-0.2, 0) is 4.79 Å². The molecule has 1 unspecified atom stereocenters. The molecule has 44 heavy (non-hydrogen) atoms. The van der Waals surface area contributed by atoms with Crippen LogP contribution >= 0.6 is 11.3 Å². The number of ether oxygens (including phenoxy) is 3. The number of aliphatic hydroxyl groups is 1. The fourth-order valence-electron chi connectivity index (χ4n) is 5.33. The van der Waals surface area contributed by atoms with Crippen molar-refractivity contribution in [1.29, 1.82) is 0 Å². The molecule has 0 radical (unpaired) electrons. The Balaban J connectivity index is 1.42. The molecule has 1 atom stereocenters. The van der Waals surface area contributed by atoms with Gasteiger partial charge in [0.1, 0.15) is 11.5 Å². The first-order valence-corrected chi connectivity index (χ1v) is 15.4. The van der Waals surface area contributed by atoms with Gasteiger partial charge >= 0.3 is 0 Å². The molecule has 1 amide bonds. The van der Waals surface area contributed by atoms with Crippen molar-refractivity contribution in [3.63, 3.8) is 0 Å². The normalized spacial score (nSPS) is 15.0. The van der Waals surface area contributed by atoms with Gasteiger partial charge in [-0.1, -0.05) is 55.4 Å². The fourth-order valence-corrected chi connectivity index (χ4v) is 6.35. The van der Waals surface area contributed by atoms with E-state index in [1.54, 1.807) is 48.5 Å². The zero-order chi connectivity index (χ0) is 30.8. The molecule has 1 aliphatic rings. The lowest BCUT2D eigenvalue weighted by Gasteiger charge is -2.24. The molecule has 1 aliphatic heterocycles. The van der Waals surface area contributed by atoms with E-state index in [1.807, 2.05) is 25.1 Å². The summed E-state index contributed by atoms with van der Waals surface area (Å²) in [6, 6.07) is 18.7. The van der Waals surface area contributed by atoms with Crippen LogP contribution in [0.2, 0.25) is 0 Å². The molecule has 1 N–H and O–H groups in total. The molecule has 0 bridgehead atoms. The molecule has 0 saturated carbocycles. The number of aromatic nitrogens is 1. The van der Waals surface area contributed by atoms with Crippen LogP contribution in [0.3, 0.4) is 0 Å². The number of amides is 1. The highest BCUT2D eigenvalue weighted by Gasteiger charge is 2.46. The van der Waals surface area contributed by atoms with Gasteiger partial charge in [0.2, 0.25) is 5.78 Å². The topological polar surface area (TPSA) is 111 Å². The Hall–Kier alpha value is -4.83. The Kier molecular flexibility index (Phi) is 8.25. The van der Waals surface area contributed by atoms with Crippen molar-refractivity contribution in [2.45, 2.75) is 39.2 Å². The average molecular weight is 613 g/mol. The number of methoxy groups -OCH3 is 1. The summed E-state index contributed by atoms with van der Waals surface area (Å²) >= 11 is 1.28. The van der Waals surface area contributed by atoms with E-state index in [4.69, 9.17) is 23.6 Å². The number of furan rings is 1. The predicted molar refractivity (Wildman–Crippen MR) is 169 cm³/mol. The lowest BCUT2D eigenvalue weighted by atomic mass is 9.95. The second-order valence-electron chi connectivity index (χ2n) is 10.3. The van der Waals surface area contributed by atoms with Crippen LogP contribution in [0.25, 0.3) is 21.2 Å². The molecule has 0 saturated heterocycles. The standard InChI is InChI=1S/C34H32N2O7S/c1-4-6-7-17-42-22-13-11-20(12-14-22)29-28(30(37)26-18-21-9-8-10-25(40-3)32(21)43-26)31(38)33(39)36(29)34-35-24-16-15-23(41-5-2)19-27(24)44-34/h8-16,18-19,29,38H,4-7,17H2,1-3H3. The second-order valence-corrected chi connectivity index (χ2v) is 11.4. The van der Waals surface area contributed by atoms with Gasteiger partial charge in [-0.25, -0.2) is 4.98 Å². The minimum atomic E-state index is -0.967. The molecule has 9 nitrogen and oxygen atoms in total. The maximum Gasteiger partial charge on any atom is 0.296 e. The van der Waals surface area contributed by atoms with E-state index in [0.29, 0.717) is 57.6 Å². The Morgan fingerprint density at radius 2 is 1.82 bits per heavy atom. The average Bonchev–Trinajstić information content (AvgIpc) is 3.73. The smallest absolute Gasteiger partial charge is 0.296 e. The maximum atomic E-state index is 14.1. The number of Topliss-reactive ketones (excluding diaryl/α,β-unsaturated/α-hetero) is 1. The molecule has 0 fully saturated rings. The van der Waals surface area contributed by atoms with Crippen molar-refractivity contribution in [2.24, 2.45) is 0 Å². The van der Waals surface area contributed by atoms with Crippen LogP contribution in [0.5, 0.6) is 17.2 Å². The largest absolute Gasteiger partial charge is 0.503 e. The van der Waals surface area contributed by atoms with E-state index in [9.17, 15) is 14.7 Å². The van der Waals surface area contributed by atoms with Crippen molar-refractivity contribution in [3.8, 4) is 17.2 Å². The third-order valence-electron chi connectivity index (χ3n) is 7.48. The van der Waals surface area contributed by atoms with Gasteiger partial charge < -0.3 is 23.7 Å². The molecule has 3 heterocycles. The molecule has 226 valence electrons. The van der Waals surface area contributed by atoms with Crippen molar-refractivity contribution in [1.82, 2.24) is 4.98 Å². The number of unbranched alkanes of at least 4 members (excludes halogenated alkanes) is 2. The number of carbonyl (C=O) groups excluding carboxylic acids is 2. The predicted octanol–water partition coefficient (Wildman–Crippen LogP) is 7.80. The molecule has 5 aromatic rings. The number of rotatable bonds is 12. The van der Waals surface area contributed by atoms with Crippen LogP contribution in [0.15, 0.2) is 82.5 Å². The number of carbonyl (C=O) groups is 2. The lowest BCUT2D eigenvalue weighted by Crippen LogP contribution is -2.30. The summed E-state index contributed by atoms with van der Waals surface area (Å²) in [5.74, 6) is -0.178. The zero-order valence-electron chi connectivity index (χ0n) is 24.7. The molecular formula is C34H32N2O7S. The third kappa shape index (κ3) is 5.37. The number of fused-ring (bicyclic) bond motifs is 2. The quantitative estimate of drug-likeness (QED) is 0.112. The van der Waals surface area contributed by atoms with Crippen LogP contribution in [0.4, 0.5) is 5.13 Å². The van der Waals surface area contributed by atoms with Crippen molar-refractivity contribution in [3.05, 3.63) is 89.4 Å². The molecule has 0 aliphatic carbocycles. The summed E-state index contributed by atoms with van der Waals surface area (Å²) in [5.41, 5.74) is 1.57. The van der Waals surface area contributed by atoms with E-state index >= 15 is 0 Å². The van der Waals surface area contributed by atoms with Crippen LogP contribution in [0.1, 0.15) is 55.3 Å². The number of thiazole rings is 1. The van der Waals surface area contributed by atoms with E-state index in [0.717, 1.165) is 24.0 Å². The first-order valence-electron chi connectivity index (χ1n) is 14.6. The highest BCUT2D eigenvalue weighted by atomic mass is 32.1. The summed E-state index contributed by atoms with van der Waals surface area (Å²) in [7, 11) is 1.52. The summed E-state index contributed by atoms with van der Waals surface area (Å²) in [4.78, 5) is 33.9. The number of ketones is 1. The second kappa shape index (κ2) is 12.4. The van der Waals surface area contributed by atoms with Crippen molar-refractivity contribution < 1.29 is 33.3 Å². The first kappa shape index (κ1) is 29.3. The number of benzene rings is 3. The molecule has 6 rings (SSSR count). The molecule has 2 aromatic heterocycles. The SMILES string of the molecule is CCCCCOc1ccc(C2C(C(=O)c3cc4cccc(OC)c4o3)=C(O)C(=O)N2c2nc3ccc(OCC)cc3s2)cc1. The maximum absolute atomic E-state index is 14.1. The number of nitrogens with zero attached hydrogens (tertiary/aromatic N) is 2. The highest BCUT2D eigenvalue weighted by molar-refractivity contribution is 7.22. The first-order chi connectivity index (χ1) is 21.4. The summed E-state index contributed by atoms with van der Waals surface area (Å²) < 4.78 is 23.7. The van der Waals surface area contributed by atoms with Gasteiger partial charge in [-0.2, -0.15) is 0 Å². The minimum absolute atomic E-state index is 0.0211. The monoisotopic (exact) mass is 612 g/mol. The number of hydrogen-bond acceptors (Lipinski definition) is 9. The Labute approximate surface area is 258 Å². The number of hydrogen-bond donors (Lipinski definition) is 1. The Morgan fingerprint density at radius 1 is 1.02 bits per heavy atom. The van der Waals surface area contributed by atoms with Gasteiger partial charge in [-0.3, -0.25) is 14.5 Å². The minimum Gasteiger partial charge on any atom is -0.503 e. The Bertz CT molecular complexity index is 1870. The summed E-state index contributed by atoms with van der Waals surface area (Å²) in [6.45, 7) is 5.15. The Morgan fingerprint density at radius 3 is 2.57 bits per heavy atom. The van der Waals surface area contributed by atoms with Crippen molar-refractivity contribution in [2.75, 3.05) is 25.2 Å². The van der Waals surface area contributed by atoms with Crippen molar-refractivity contribution >= 4 is 49.3 Å².